The minimum atomic E-state index is -4.25. The van der Waals surface area contributed by atoms with Gasteiger partial charge < -0.3 is 0 Å². The highest BCUT2D eigenvalue weighted by molar-refractivity contribution is 5.51. The number of rotatable bonds is 3. The van der Waals surface area contributed by atoms with E-state index in [1.54, 1.807) is 6.07 Å². The zero-order chi connectivity index (χ0) is 27.8. The smallest absolute Gasteiger partial charge is 0.206 e. The van der Waals surface area contributed by atoms with Crippen molar-refractivity contribution >= 4 is 18.2 Å². The van der Waals surface area contributed by atoms with Crippen molar-refractivity contribution in [1.82, 2.24) is 0 Å². The monoisotopic (exact) mass is 516 g/mol. The molecule has 0 nitrogen and oxygen atoms in total. The van der Waals surface area contributed by atoms with E-state index in [2.05, 4.69) is 19.7 Å². The lowest BCUT2D eigenvalue weighted by Gasteiger charge is -2.05. The van der Waals surface area contributed by atoms with Gasteiger partial charge in [-0.1, -0.05) is 50.1 Å². The molecule has 3 aromatic carbocycles. The summed E-state index contributed by atoms with van der Waals surface area (Å²) in [6, 6.07) is 7.51. The molecule has 0 bridgehead atoms. The van der Waals surface area contributed by atoms with Crippen molar-refractivity contribution in [2.75, 3.05) is 0 Å². The number of halogens is 9. The van der Waals surface area contributed by atoms with Crippen molar-refractivity contribution in [2.24, 2.45) is 0 Å². The van der Waals surface area contributed by atoms with Crippen LogP contribution in [0.25, 0.3) is 18.2 Å². The van der Waals surface area contributed by atoms with Crippen LogP contribution in [-0.4, -0.2) is 0 Å². The third kappa shape index (κ3) is 7.63. The SMILES string of the molecule is C=Cc1c(F)c(C)c(F)c(F)c1F.C=Cc1cc(C)c(F)c(F)c1.C=Cc1ccc(C(F)(F)F)cc1. The summed E-state index contributed by atoms with van der Waals surface area (Å²) in [5, 5.41) is 0. The molecule has 36 heavy (non-hydrogen) atoms. The van der Waals surface area contributed by atoms with Crippen LogP contribution in [0.15, 0.2) is 56.1 Å². The second-order valence-corrected chi connectivity index (χ2v) is 7.16. The highest BCUT2D eigenvalue weighted by Crippen LogP contribution is 2.29. The van der Waals surface area contributed by atoms with Crippen LogP contribution in [0, 0.1) is 48.8 Å². The van der Waals surface area contributed by atoms with Gasteiger partial charge in [-0.2, -0.15) is 13.2 Å². The van der Waals surface area contributed by atoms with Crippen molar-refractivity contribution in [3.63, 3.8) is 0 Å². The highest BCUT2D eigenvalue weighted by atomic mass is 19.4. The number of hydrogen-bond acceptors (Lipinski definition) is 0. The molecule has 0 amide bonds. The first-order chi connectivity index (χ1) is 16.7. The van der Waals surface area contributed by atoms with Gasteiger partial charge in [0.15, 0.2) is 29.1 Å². The molecule has 0 saturated heterocycles. The van der Waals surface area contributed by atoms with Crippen LogP contribution in [-0.2, 0) is 6.18 Å². The molecule has 3 rings (SSSR count). The van der Waals surface area contributed by atoms with E-state index >= 15 is 0 Å². The first kappa shape index (κ1) is 30.3. The van der Waals surface area contributed by atoms with Gasteiger partial charge in [0.05, 0.1) is 5.56 Å². The third-order valence-corrected chi connectivity index (χ3v) is 4.66. The second-order valence-electron chi connectivity index (χ2n) is 7.16. The number of aryl methyl sites for hydroxylation is 1. The zero-order valence-electron chi connectivity index (χ0n) is 19.2. The number of benzene rings is 3. The molecule has 0 heterocycles. The highest BCUT2D eigenvalue weighted by Gasteiger charge is 2.29. The van der Waals surface area contributed by atoms with Gasteiger partial charge in [-0.3, -0.25) is 0 Å². The molecule has 0 spiro atoms. The van der Waals surface area contributed by atoms with Gasteiger partial charge in [-0.15, -0.1) is 0 Å². The fourth-order valence-corrected chi connectivity index (χ4v) is 2.63. The minimum absolute atomic E-state index is 0.305. The Kier molecular flexibility index (Phi) is 10.8. The summed E-state index contributed by atoms with van der Waals surface area (Å²) in [6.45, 7) is 12.5. The normalized spacial score (nSPS) is 10.4. The van der Waals surface area contributed by atoms with E-state index in [-0.39, 0.29) is 0 Å². The lowest BCUT2D eigenvalue weighted by atomic mass is 10.1. The van der Waals surface area contributed by atoms with Crippen LogP contribution in [0.2, 0.25) is 0 Å². The lowest BCUT2D eigenvalue weighted by molar-refractivity contribution is -0.137. The zero-order valence-corrected chi connectivity index (χ0v) is 19.2. The minimum Gasteiger partial charge on any atom is -0.206 e. The second kappa shape index (κ2) is 12.8. The summed E-state index contributed by atoms with van der Waals surface area (Å²) in [5.41, 5.74) is -0.234. The summed E-state index contributed by atoms with van der Waals surface area (Å²) < 4.78 is 112. The first-order valence-electron chi connectivity index (χ1n) is 10.0. The Morgan fingerprint density at radius 3 is 1.56 bits per heavy atom. The van der Waals surface area contributed by atoms with Crippen LogP contribution in [0.1, 0.15) is 33.4 Å². The molecule has 0 aromatic heterocycles. The Labute approximate surface area is 202 Å². The Hall–Kier alpha value is -3.75. The molecule has 0 aliphatic heterocycles. The molecule has 0 radical (unpaired) electrons. The molecule has 0 N–H and O–H groups in total. The molecule has 0 aliphatic rings. The van der Waals surface area contributed by atoms with Crippen LogP contribution in [0.4, 0.5) is 39.5 Å². The quantitative estimate of drug-likeness (QED) is 0.185. The van der Waals surface area contributed by atoms with Crippen molar-refractivity contribution in [3.8, 4) is 0 Å². The number of hydrogen-bond donors (Lipinski definition) is 0. The molecule has 0 atom stereocenters. The maximum absolute atomic E-state index is 13.0. The van der Waals surface area contributed by atoms with Gasteiger partial charge >= 0.3 is 6.18 Å². The van der Waals surface area contributed by atoms with Gasteiger partial charge in [0.25, 0.3) is 0 Å². The predicted molar refractivity (Wildman–Crippen MR) is 124 cm³/mol. The van der Waals surface area contributed by atoms with Crippen molar-refractivity contribution in [1.29, 1.82) is 0 Å². The maximum atomic E-state index is 13.0. The first-order valence-corrected chi connectivity index (χ1v) is 10.0. The van der Waals surface area contributed by atoms with Crippen LogP contribution in [0.5, 0.6) is 0 Å². The van der Waals surface area contributed by atoms with Gasteiger partial charge in [-0.25, -0.2) is 26.3 Å². The fourth-order valence-electron chi connectivity index (χ4n) is 2.63. The maximum Gasteiger partial charge on any atom is 0.416 e. The molecule has 0 unspecified atom stereocenters. The van der Waals surface area contributed by atoms with Crippen LogP contribution in [0.3, 0.4) is 0 Å². The van der Waals surface area contributed by atoms with Crippen LogP contribution >= 0.6 is 0 Å². The Balaban J connectivity index is 0.000000271. The van der Waals surface area contributed by atoms with Gasteiger partial charge in [-0.05, 0) is 54.8 Å². The predicted octanol–water partition coefficient (Wildman–Crippen LogP) is 9.46. The number of alkyl halides is 3. The molecule has 0 aliphatic carbocycles. The van der Waals surface area contributed by atoms with E-state index < -0.39 is 57.8 Å². The van der Waals surface area contributed by atoms with E-state index in [9.17, 15) is 39.5 Å². The molecular weight excluding hydrogens is 495 g/mol. The third-order valence-electron chi connectivity index (χ3n) is 4.66. The summed E-state index contributed by atoms with van der Waals surface area (Å²) >= 11 is 0. The van der Waals surface area contributed by atoms with E-state index in [1.165, 1.54) is 31.2 Å². The van der Waals surface area contributed by atoms with Gasteiger partial charge in [0.2, 0.25) is 0 Å². The van der Waals surface area contributed by atoms with E-state index in [0.717, 1.165) is 31.2 Å². The molecule has 3 aromatic rings. The largest absolute Gasteiger partial charge is 0.416 e. The van der Waals surface area contributed by atoms with E-state index in [0.29, 0.717) is 16.7 Å². The fraction of sp³-hybridized carbons (Fsp3) is 0.111. The molecular formula is C27H21F9. The average Bonchev–Trinajstić information content (AvgIpc) is 2.85. The standard InChI is InChI=1S/C9H6F4.C9H7F3.C9H8F2/c1-3-5-6(10)4(2)7(11)9(13)8(5)12;1-2-7-3-5-8(6-4-7)9(10,11)12;1-3-7-4-6(2)9(11)8(10)5-7/h3H,1H2,2H3;2-6H,1H2;3-5H,1H2,2H3. The van der Waals surface area contributed by atoms with Crippen LogP contribution < -0.4 is 0 Å². The van der Waals surface area contributed by atoms with Crippen molar-refractivity contribution in [2.45, 2.75) is 20.0 Å². The molecule has 192 valence electrons. The van der Waals surface area contributed by atoms with Crippen molar-refractivity contribution < 1.29 is 39.5 Å². The van der Waals surface area contributed by atoms with E-state index in [1.807, 2.05) is 0 Å². The van der Waals surface area contributed by atoms with E-state index in [4.69, 9.17) is 0 Å². The summed E-state index contributed by atoms with van der Waals surface area (Å²) in [5.74, 6) is -7.44. The summed E-state index contributed by atoms with van der Waals surface area (Å²) in [4.78, 5) is 0. The summed E-state index contributed by atoms with van der Waals surface area (Å²) in [7, 11) is 0. The molecule has 0 fully saturated rings. The van der Waals surface area contributed by atoms with Gasteiger partial charge in [0, 0.05) is 11.1 Å². The summed E-state index contributed by atoms with van der Waals surface area (Å²) in [6.07, 6.45) is -0.463. The lowest BCUT2D eigenvalue weighted by Crippen LogP contribution is -2.03. The average molecular weight is 516 g/mol. The van der Waals surface area contributed by atoms with Gasteiger partial charge in [0.1, 0.15) is 5.82 Å². The Morgan fingerprint density at radius 2 is 1.14 bits per heavy atom. The molecule has 9 heteroatoms. The Morgan fingerprint density at radius 1 is 0.611 bits per heavy atom. The molecule has 0 saturated carbocycles. The topological polar surface area (TPSA) is 0 Å². The van der Waals surface area contributed by atoms with Crippen molar-refractivity contribution in [3.05, 3.63) is 124 Å². The Bertz CT molecular complexity index is 1190.